The summed E-state index contributed by atoms with van der Waals surface area (Å²) >= 11 is 0. The maximum Gasteiger partial charge on any atom is 0.317 e. The van der Waals surface area contributed by atoms with Gasteiger partial charge in [-0.2, -0.15) is 0 Å². The molecule has 1 rings (SSSR count). The zero-order valence-corrected chi connectivity index (χ0v) is 12.5. The molecule has 1 fully saturated rings. The molecule has 2 amide bonds. The molecule has 114 valence electrons. The van der Waals surface area contributed by atoms with Gasteiger partial charge in [-0.3, -0.25) is 4.79 Å². The van der Waals surface area contributed by atoms with Gasteiger partial charge in [0.25, 0.3) is 0 Å². The van der Waals surface area contributed by atoms with Crippen molar-refractivity contribution in [1.29, 1.82) is 0 Å². The maximum absolute atomic E-state index is 12.1. The Bertz CT molecular complexity index is 364. The summed E-state index contributed by atoms with van der Waals surface area (Å²) in [4.78, 5) is 25.3. The van der Waals surface area contributed by atoms with Crippen LogP contribution in [-0.4, -0.2) is 41.6 Å². The predicted molar refractivity (Wildman–Crippen MR) is 78.6 cm³/mol. The minimum absolute atomic E-state index is 0.143. The van der Waals surface area contributed by atoms with Crippen molar-refractivity contribution < 1.29 is 14.7 Å². The number of hydrogen-bond donors (Lipinski definition) is 2. The van der Waals surface area contributed by atoms with Crippen molar-refractivity contribution in [2.45, 2.75) is 46.0 Å². The zero-order valence-electron chi connectivity index (χ0n) is 12.5. The van der Waals surface area contributed by atoms with Gasteiger partial charge < -0.3 is 15.3 Å². The molecule has 5 heteroatoms. The molecule has 0 aromatic heterocycles. The van der Waals surface area contributed by atoms with Crippen molar-refractivity contribution in [3.63, 3.8) is 0 Å². The second kappa shape index (κ2) is 7.92. The number of amides is 2. The summed E-state index contributed by atoms with van der Waals surface area (Å²) in [7, 11) is 0. The van der Waals surface area contributed by atoms with Gasteiger partial charge in [-0.1, -0.05) is 25.5 Å². The molecule has 20 heavy (non-hydrogen) atoms. The van der Waals surface area contributed by atoms with Crippen LogP contribution in [0.2, 0.25) is 0 Å². The van der Waals surface area contributed by atoms with E-state index in [0.717, 1.165) is 19.3 Å². The van der Waals surface area contributed by atoms with E-state index in [2.05, 4.69) is 5.32 Å². The van der Waals surface area contributed by atoms with Gasteiger partial charge in [-0.05, 0) is 32.6 Å². The van der Waals surface area contributed by atoms with Crippen LogP contribution in [0.15, 0.2) is 12.2 Å². The molecular weight excluding hydrogens is 256 g/mol. The molecule has 0 aliphatic carbocycles. The smallest absolute Gasteiger partial charge is 0.317 e. The van der Waals surface area contributed by atoms with Crippen molar-refractivity contribution in [2.24, 2.45) is 5.41 Å². The lowest BCUT2D eigenvalue weighted by molar-refractivity contribution is -0.152. The molecule has 5 nitrogen and oxygen atoms in total. The molecular formula is C15H26N2O3. The Morgan fingerprint density at radius 3 is 2.80 bits per heavy atom. The average Bonchev–Trinajstić information content (AvgIpc) is 2.44. The van der Waals surface area contributed by atoms with Crippen LogP contribution in [0, 0.1) is 5.41 Å². The highest BCUT2D eigenvalue weighted by Gasteiger charge is 2.42. The quantitative estimate of drug-likeness (QED) is 0.581. The van der Waals surface area contributed by atoms with Gasteiger partial charge in [0.1, 0.15) is 0 Å². The summed E-state index contributed by atoms with van der Waals surface area (Å²) in [6, 6.07) is -0.143. The molecule has 1 aliphatic heterocycles. The number of carboxylic acid groups (broad SMARTS) is 1. The number of likely N-dealkylation sites (tertiary alicyclic amines) is 1. The van der Waals surface area contributed by atoms with Gasteiger partial charge in [0.2, 0.25) is 0 Å². The fourth-order valence-electron chi connectivity index (χ4n) is 2.81. The summed E-state index contributed by atoms with van der Waals surface area (Å²) in [6.45, 7) is 5.49. The van der Waals surface area contributed by atoms with E-state index in [0.29, 0.717) is 32.5 Å². The number of hydrogen-bond acceptors (Lipinski definition) is 2. The number of urea groups is 1. The molecule has 0 aromatic rings. The van der Waals surface area contributed by atoms with Gasteiger partial charge in [0, 0.05) is 19.6 Å². The first-order valence-corrected chi connectivity index (χ1v) is 7.43. The molecule has 1 atom stereocenters. The number of carbonyl (C=O) groups is 2. The number of nitrogens with zero attached hydrogens (tertiary/aromatic N) is 1. The number of piperidine rings is 1. The topological polar surface area (TPSA) is 69.6 Å². The van der Waals surface area contributed by atoms with Crippen molar-refractivity contribution in [3.05, 3.63) is 12.2 Å². The Hall–Kier alpha value is -1.52. The average molecular weight is 282 g/mol. The van der Waals surface area contributed by atoms with E-state index in [-0.39, 0.29) is 6.03 Å². The molecule has 0 aromatic carbocycles. The zero-order chi connectivity index (χ0) is 15.0. The molecule has 2 N–H and O–H groups in total. The summed E-state index contributed by atoms with van der Waals surface area (Å²) in [5.74, 6) is -0.772. The Morgan fingerprint density at radius 1 is 1.45 bits per heavy atom. The minimum atomic E-state index is -0.772. The first-order valence-electron chi connectivity index (χ1n) is 7.43. The van der Waals surface area contributed by atoms with Crippen molar-refractivity contribution in [1.82, 2.24) is 10.2 Å². The second-order valence-electron chi connectivity index (χ2n) is 5.45. The molecule has 1 heterocycles. The van der Waals surface area contributed by atoms with E-state index >= 15 is 0 Å². The van der Waals surface area contributed by atoms with E-state index in [1.807, 2.05) is 26.0 Å². The monoisotopic (exact) mass is 282 g/mol. The van der Waals surface area contributed by atoms with Crippen LogP contribution in [0.1, 0.15) is 46.0 Å². The van der Waals surface area contributed by atoms with Crippen LogP contribution in [-0.2, 0) is 4.79 Å². The second-order valence-corrected chi connectivity index (χ2v) is 5.45. The van der Waals surface area contributed by atoms with Crippen LogP contribution in [0.3, 0.4) is 0 Å². The first kappa shape index (κ1) is 16.5. The Balaban J connectivity index is 2.58. The van der Waals surface area contributed by atoms with Gasteiger partial charge in [-0.15, -0.1) is 0 Å². The molecule has 1 aliphatic rings. The van der Waals surface area contributed by atoms with Crippen LogP contribution in [0.4, 0.5) is 4.79 Å². The number of rotatable bonds is 6. The highest BCUT2D eigenvalue weighted by molar-refractivity contribution is 5.78. The summed E-state index contributed by atoms with van der Waals surface area (Å²) in [5, 5.41) is 12.3. The fourth-order valence-corrected chi connectivity index (χ4v) is 2.81. The Kier molecular flexibility index (Phi) is 6.55. The van der Waals surface area contributed by atoms with Gasteiger partial charge in [0.15, 0.2) is 0 Å². The lowest BCUT2D eigenvalue weighted by atomic mass is 9.76. The highest BCUT2D eigenvalue weighted by atomic mass is 16.4. The largest absolute Gasteiger partial charge is 0.481 e. The molecule has 1 unspecified atom stereocenters. The molecule has 1 saturated heterocycles. The maximum atomic E-state index is 12.1. The third-order valence-electron chi connectivity index (χ3n) is 3.87. The van der Waals surface area contributed by atoms with Gasteiger partial charge in [-0.25, -0.2) is 4.79 Å². The van der Waals surface area contributed by atoms with Crippen LogP contribution in [0.25, 0.3) is 0 Å². The minimum Gasteiger partial charge on any atom is -0.481 e. The molecule has 0 saturated carbocycles. The third kappa shape index (κ3) is 4.25. The first-order chi connectivity index (χ1) is 9.55. The summed E-state index contributed by atoms with van der Waals surface area (Å²) in [6.07, 6.45) is 7.62. The van der Waals surface area contributed by atoms with E-state index in [9.17, 15) is 14.7 Å². The van der Waals surface area contributed by atoms with Gasteiger partial charge in [0.05, 0.1) is 5.41 Å². The lowest BCUT2D eigenvalue weighted by Gasteiger charge is -2.39. The fraction of sp³-hybridized carbons (Fsp3) is 0.733. The van der Waals surface area contributed by atoms with E-state index in [4.69, 9.17) is 0 Å². The van der Waals surface area contributed by atoms with Crippen molar-refractivity contribution in [2.75, 3.05) is 19.6 Å². The van der Waals surface area contributed by atoms with E-state index in [1.54, 1.807) is 4.90 Å². The van der Waals surface area contributed by atoms with Crippen LogP contribution in [0.5, 0.6) is 0 Å². The van der Waals surface area contributed by atoms with Gasteiger partial charge >= 0.3 is 12.0 Å². The third-order valence-corrected chi connectivity index (χ3v) is 3.87. The summed E-state index contributed by atoms with van der Waals surface area (Å²) < 4.78 is 0. The van der Waals surface area contributed by atoms with E-state index in [1.165, 1.54) is 0 Å². The van der Waals surface area contributed by atoms with Crippen LogP contribution < -0.4 is 5.32 Å². The Morgan fingerprint density at radius 2 is 2.20 bits per heavy atom. The predicted octanol–water partition coefficient (Wildman–Crippen LogP) is 2.63. The number of nitrogens with one attached hydrogen (secondary N) is 1. The normalized spacial score (nSPS) is 23.0. The van der Waals surface area contributed by atoms with Crippen molar-refractivity contribution in [3.8, 4) is 0 Å². The number of aliphatic carboxylic acids is 1. The number of carboxylic acids is 1. The SMILES string of the molecule is C/C=C/CCNC(=O)N1CCCC(CCC)(C(=O)O)C1. The highest BCUT2D eigenvalue weighted by Crippen LogP contribution is 2.35. The van der Waals surface area contributed by atoms with E-state index < -0.39 is 11.4 Å². The van der Waals surface area contributed by atoms with Crippen molar-refractivity contribution >= 4 is 12.0 Å². The van der Waals surface area contributed by atoms with Crippen LogP contribution >= 0.6 is 0 Å². The standard InChI is InChI=1S/C15H26N2O3/c1-3-5-6-10-16-14(20)17-11-7-9-15(12-17,8-4-2)13(18)19/h3,5H,4,6-12H2,1-2H3,(H,16,20)(H,18,19)/b5-3+. The Labute approximate surface area is 121 Å². The number of allylic oxidation sites excluding steroid dienone is 1. The number of carbonyl (C=O) groups excluding carboxylic acids is 1. The lowest BCUT2D eigenvalue weighted by Crippen LogP contribution is -2.52. The molecule has 0 bridgehead atoms. The molecule has 0 radical (unpaired) electrons. The molecule has 0 spiro atoms. The summed E-state index contributed by atoms with van der Waals surface area (Å²) in [5.41, 5.74) is -0.756.